The molecule has 180 valence electrons. The Morgan fingerprint density at radius 2 is 1.94 bits per heavy atom. The molecule has 0 aliphatic carbocycles. The summed E-state index contributed by atoms with van der Waals surface area (Å²) in [5.41, 5.74) is 4.33. The van der Waals surface area contributed by atoms with Crippen molar-refractivity contribution in [3.8, 4) is 5.75 Å². The number of nitrogens with zero attached hydrogens (tertiary/aromatic N) is 2. The number of aryl methyl sites for hydroxylation is 1. The maximum Gasteiger partial charge on any atom is 0.263 e. The van der Waals surface area contributed by atoms with Crippen LogP contribution in [0.5, 0.6) is 5.75 Å². The van der Waals surface area contributed by atoms with Crippen LogP contribution >= 0.6 is 11.8 Å². The number of fused-ring (bicyclic) bond motifs is 1. The predicted molar refractivity (Wildman–Crippen MR) is 131 cm³/mol. The van der Waals surface area contributed by atoms with Crippen LogP contribution in [-0.4, -0.2) is 51.9 Å². The van der Waals surface area contributed by atoms with Crippen LogP contribution in [0.25, 0.3) is 10.9 Å². The Hall–Kier alpha value is -2.66. The first kappa shape index (κ1) is 24.5. The normalized spacial score (nSPS) is 18.5. The zero-order valence-electron chi connectivity index (χ0n) is 19.2. The maximum atomic E-state index is 13.8. The lowest BCUT2D eigenvalue weighted by Gasteiger charge is -2.43. The molecular weight excluding hydrogens is 474 g/mol. The zero-order chi connectivity index (χ0) is 24.5. The molecule has 0 radical (unpaired) electrons. The van der Waals surface area contributed by atoms with Gasteiger partial charge < -0.3 is 4.74 Å². The molecule has 2 aromatic carbocycles. The Morgan fingerprint density at radius 3 is 2.71 bits per heavy atom. The van der Waals surface area contributed by atoms with Crippen molar-refractivity contribution < 1.29 is 23.2 Å². The molecule has 0 bridgehead atoms. The van der Waals surface area contributed by atoms with Crippen molar-refractivity contribution in [3.63, 3.8) is 0 Å². The molecule has 3 aromatic rings. The molecule has 4 rings (SSSR count). The Kier molecular flexibility index (Phi) is 6.86. The Morgan fingerprint density at radius 1 is 1.24 bits per heavy atom. The number of pyridine rings is 1. The van der Waals surface area contributed by atoms with Crippen LogP contribution < -0.4 is 10.2 Å². The minimum atomic E-state index is -4.11. The summed E-state index contributed by atoms with van der Waals surface area (Å²) in [6.45, 7) is 5.81. The van der Waals surface area contributed by atoms with Crippen LogP contribution in [0.2, 0.25) is 0 Å². The molecule has 2 N–H and O–H groups in total. The molecule has 10 heteroatoms. The lowest BCUT2D eigenvalue weighted by molar-refractivity contribution is -0.134. The van der Waals surface area contributed by atoms with E-state index in [4.69, 9.17) is 4.74 Å². The zero-order valence-corrected chi connectivity index (χ0v) is 20.8. The Labute approximate surface area is 203 Å². The number of sulfonamides is 1. The smallest absolute Gasteiger partial charge is 0.263 e. The second kappa shape index (κ2) is 9.53. The van der Waals surface area contributed by atoms with E-state index in [1.54, 1.807) is 43.7 Å². The summed E-state index contributed by atoms with van der Waals surface area (Å²) in [4.78, 5) is 16.9. The average molecular weight is 502 g/mol. The van der Waals surface area contributed by atoms with Gasteiger partial charge >= 0.3 is 0 Å². The minimum absolute atomic E-state index is 0.0237. The van der Waals surface area contributed by atoms with E-state index in [2.05, 4.69) is 4.98 Å². The number of carbonyl (C=O) groups is 1. The molecule has 1 saturated heterocycles. The number of aromatic nitrogens is 1. The molecule has 8 nitrogen and oxygen atoms in total. The summed E-state index contributed by atoms with van der Waals surface area (Å²) in [6.07, 6.45) is 1.77. The fourth-order valence-corrected chi connectivity index (χ4v) is 7.51. The van der Waals surface area contributed by atoms with Gasteiger partial charge in [0.05, 0.1) is 5.52 Å². The monoisotopic (exact) mass is 501 g/mol. The van der Waals surface area contributed by atoms with Crippen LogP contribution in [0, 0.1) is 6.92 Å². The Balaban J connectivity index is 1.70. The van der Waals surface area contributed by atoms with Crippen molar-refractivity contribution in [1.29, 1.82) is 0 Å². The molecule has 1 fully saturated rings. The fourth-order valence-electron chi connectivity index (χ4n) is 4.27. The number of carbonyl (C=O) groups excluding carboxylic acids is 1. The molecule has 34 heavy (non-hydrogen) atoms. The molecule has 1 aliphatic heterocycles. The molecular formula is C24H27N3O5S2. The van der Waals surface area contributed by atoms with E-state index in [0.717, 1.165) is 26.3 Å². The van der Waals surface area contributed by atoms with Gasteiger partial charge in [-0.15, -0.1) is 0 Å². The van der Waals surface area contributed by atoms with E-state index in [0.29, 0.717) is 5.75 Å². The van der Waals surface area contributed by atoms with E-state index in [-0.39, 0.29) is 23.8 Å². The Bertz CT molecular complexity index is 1330. The van der Waals surface area contributed by atoms with E-state index in [1.807, 2.05) is 31.2 Å². The van der Waals surface area contributed by atoms with E-state index in [9.17, 15) is 18.4 Å². The first-order valence-electron chi connectivity index (χ1n) is 10.8. The molecule has 1 atom stereocenters. The van der Waals surface area contributed by atoms with Gasteiger partial charge in [-0.3, -0.25) is 15.0 Å². The van der Waals surface area contributed by atoms with Crippen LogP contribution in [0.1, 0.15) is 25.0 Å². The summed E-state index contributed by atoms with van der Waals surface area (Å²) in [5, 5.41) is 10.2. The van der Waals surface area contributed by atoms with Gasteiger partial charge in [0.2, 0.25) is 10.0 Å². The molecule has 1 amide bonds. The second-order valence-electron chi connectivity index (χ2n) is 8.62. The highest BCUT2D eigenvalue weighted by Gasteiger charge is 2.48. The third-order valence-corrected chi connectivity index (χ3v) is 9.26. The number of thioether (sulfide) groups is 1. The van der Waals surface area contributed by atoms with Gasteiger partial charge in [0.15, 0.2) is 0 Å². The maximum absolute atomic E-state index is 13.8. The number of para-hydroxylation sites is 2. The van der Waals surface area contributed by atoms with Gasteiger partial charge in [-0.05, 0) is 44.5 Å². The number of rotatable bonds is 6. The molecule has 0 saturated carbocycles. The van der Waals surface area contributed by atoms with Crippen LogP contribution in [0.15, 0.2) is 59.6 Å². The van der Waals surface area contributed by atoms with Gasteiger partial charge in [0.25, 0.3) is 5.91 Å². The quantitative estimate of drug-likeness (QED) is 0.393. The summed E-state index contributed by atoms with van der Waals surface area (Å²) in [6, 6.07) is 13.0. The second-order valence-corrected chi connectivity index (χ2v) is 12.2. The highest BCUT2D eigenvalue weighted by Crippen LogP contribution is 2.40. The van der Waals surface area contributed by atoms with Gasteiger partial charge in [-0.25, -0.2) is 13.9 Å². The molecule has 0 spiro atoms. The van der Waals surface area contributed by atoms with Crippen molar-refractivity contribution in [1.82, 2.24) is 14.8 Å². The summed E-state index contributed by atoms with van der Waals surface area (Å²) in [7, 11) is -4.11. The van der Waals surface area contributed by atoms with Crippen molar-refractivity contribution >= 4 is 38.6 Å². The van der Waals surface area contributed by atoms with Gasteiger partial charge in [0.1, 0.15) is 23.3 Å². The number of amides is 1. The number of benzene rings is 2. The average Bonchev–Trinajstić information content (AvgIpc) is 2.82. The first-order valence-corrected chi connectivity index (χ1v) is 13.2. The van der Waals surface area contributed by atoms with Gasteiger partial charge in [-0.1, -0.05) is 30.3 Å². The number of nitrogens with one attached hydrogen (secondary N) is 1. The van der Waals surface area contributed by atoms with Crippen LogP contribution in [-0.2, 0) is 21.4 Å². The molecule has 1 aromatic heterocycles. The third-order valence-electron chi connectivity index (χ3n) is 6.00. The fraction of sp³-hybridized carbons (Fsp3) is 0.333. The SMILES string of the molecule is Cc1cnc2ccccc2c1COc1ccccc1S(=O)(=O)N1CCSC(C)(C)C1C(=O)NO. The van der Waals surface area contributed by atoms with Gasteiger partial charge in [-0.2, -0.15) is 16.1 Å². The summed E-state index contributed by atoms with van der Waals surface area (Å²) in [5.74, 6) is -0.0489. The molecule has 1 unspecified atom stereocenters. The van der Waals surface area contributed by atoms with E-state index in [1.165, 1.54) is 17.8 Å². The number of ether oxygens (including phenoxy) is 1. The number of hydrogen-bond acceptors (Lipinski definition) is 7. The third kappa shape index (κ3) is 4.50. The topological polar surface area (TPSA) is 109 Å². The van der Waals surface area contributed by atoms with Crippen molar-refractivity contribution in [2.24, 2.45) is 0 Å². The van der Waals surface area contributed by atoms with Crippen LogP contribution in [0.4, 0.5) is 0 Å². The van der Waals surface area contributed by atoms with Crippen molar-refractivity contribution in [2.75, 3.05) is 12.3 Å². The van der Waals surface area contributed by atoms with Crippen molar-refractivity contribution in [3.05, 3.63) is 65.9 Å². The summed E-state index contributed by atoms with van der Waals surface area (Å²) >= 11 is 1.49. The van der Waals surface area contributed by atoms with Crippen LogP contribution in [0.3, 0.4) is 0 Å². The number of hydrogen-bond donors (Lipinski definition) is 2. The van der Waals surface area contributed by atoms with Crippen molar-refractivity contribution in [2.45, 2.75) is 43.1 Å². The lowest BCUT2D eigenvalue weighted by Crippen LogP contribution is -2.61. The largest absolute Gasteiger partial charge is 0.487 e. The molecule has 2 heterocycles. The minimum Gasteiger partial charge on any atom is -0.487 e. The first-order chi connectivity index (χ1) is 16.2. The predicted octanol–water partition coefficient (Wildman–Crippen LogP) is 3.51. The van der Waals surface area contributed by atoms with Gasteiger partial charge in [0, 0.05) is 34.2 Å². The summed E-state index contributed by atoms with van der Waals surface area (Å²) < 4.78 is 34.1. The van der Waals surface area contributed by atoms with E-state index >= 15 is 0 Å². The highest BCUT2D eigenvalue weighted by molar-refractivity contribution is 8.01. The highest BCUT2D eigenvalue weighted by atomic mass is 32.2. The standard InChI is InChI=1S/C24H27N3O5S2/c1-16-14-25-19-9-5-4-8-17(19)18(16)15-32-20-10-6-7-11-21(20)34(30,31)27-12-13-33-24(2,3)22(27)23(28)26-29/h4-11,14,22,29H,12-13,15H2,1-3H3,(H,26,28). The molecule has 1 aliphatic rings. The van der Waals surface area contributed by atoms with E-state index < -0.39 is 26.7 Å². The number of hydroxylamine groups is 1. The lowest BCUT2D eigenvalue weighted by atomic mass is 10.0.